The maximum Gasteiger partial charge on any atom is 0.302 e. The van der Waals surface area contributed by atoms with Crippen LogP contribution < -0.4 is 4.74 Å². The lowest BCUT2D eigenvalue weighted by Gasteiger charge is -2.25. The molecule has 0 radical (unpaired) electrons. The summed E-state index contributed by atoms with van der Waals surface area (Å²) in [6.07, 6.45) is -0.681. The Kier molecular flexibility index (Phi) is 6.66. The van der Waals surface area contributed by atoms with Crippen molar-refractivity contribution in [2.75, 3.05) is 0 Å². The van der Waals surface area contributed by atoms with E-state index in [1.165, 1.54) is 5.56 Å². The van der Waals surface area contributed by atoms with E-state index in [9.17, 15) is 4.21 Å². The van der Waals surface area contributed by atoms with Gasteiger partial charge in [-0.1, -0.05) is 58.4 Å². The van der Waals surface area contributed by atoms with Crippen LogP contribution in [-0.4, -0.2) is 20.4 Å². The summed E-state index contributed by atoms with van der Waals surface area (Å²) in [6.45, 7) is 10.1. The summed E-state index contributed by atoms with van der Waals surface area (Å²) in [5, 5.41) is 0. The molecule has 3 atom stereocenters. The van der Waals surface area contributed by atoms with Crippen molar-refractivity contribution in [2.45, 2.75) is 51.7 Å². The molecular formula is C15H23ClO4S. The number of benzene rings is 1. The Hall–Kier alpha value is -0.620. The van der Waals surface area contributed by atoms with Gasteiger partial charge in [-0.15, -0.1) is 0 Å². The highest BCUT2D eigenvalue weighted by molar-refractivity contribution is 7.74. The van der Waals surface area contributed by atoms with Gasteiger partial charge in [0.1, 0.15) is 11.9 Å². The number of hydrogen-bond donors (Lipinski definition) is 1. The first-order chi connectivity index (χ1) is 9.61. The molecule has 0 aliphatic heterocycles. The first-order valence-electron chi connectivity index (χ1n) is 6.80. The number of rotatable bonds is 6. The molecule has 0 aromatic heterocycles. The van der Waals surface area contributed by atoms with Crippen LogP contribution in [0.4, 0.5) is 0 Å². The zero-order valence-electron chi connectivity index (χ0n) is 13.0. The molecule has 0 saturated carbocycles. The zero-order chi connectivity index (χ0) is 16.2. The van der Waals surface area contributed by atoms with Crippen LogP contribution in [0.25, 0.3) is 0 Å². The second kappa shape index (κ2) is 7.58. The normalized spacial score (nSPS) is 16.6. The van der Waals surface area contributed by atoms with Crippen LogP contribution in [0.1, 0.15) is 40.2 Å². The highest BCUT2D eigenvalue weighted by atomic mass is 35.5. The summed E-state index contributed by atoms with van der Waals surface area (Å²) < 4.78 is 30.1. The lowest BCUT2D eigenvalue weighted by Crippen LogP contribution is -2.34. The Bertz CT molecular complexity index is 468. The molecule has 3 unspecified atom stereocenters. The minimum Gasteiger partial charge on any atom is -0.472 e. The minimum atomic E-state index is -2.37. The quantitative estimate of drug-likeness (QED) is 0.628. The van der Waals surface area contributed by atoms with Crippen molar-refractivity contribution >= 4 is 23.0 Å². The van der Waals surface area contributed by atoms with Gasteiger partial charge in [-0.25, -0.2) is 0 Å². The molecule has 0 aliphatic rings. The topological polar surface area (TPSA) is 55.8 Å². The molecule has 1 aromatic carbocycles. The van der Waals surface area contributed by atoms with Gasteiger partial charge in [-0.2, -0.15) is 4.21 Å². The van der Waals surface area contributed by atoms with Gasteiger partial charge in [0.2, 0.25) is 0 Å². The zero-order valence-corrected chi connectivity index (χ0v) is 14.6. The first-order valence-corrected chi connectivity index (χ1v) is 8.27. The number of ether oxygens (including phenoxy) is 1. The van der Waals surface area contributed by atoms with Crippen molar-refractivity contribution in [3.8, 4) is 5.75 Å². The molecule has 4 nitrogen and oxygen atoms in total. The third-order valence-corrected chi connectivity index (χ3v) is 3.80. The Morgan fingerprint density at radius 3 is 2.10 bits per heavy atom. The molecule has 0 saturated heterocycles. The molecule has 0 spiro atoms. The second-order valence-corrected chi connectivity index (χ2v) is 7.32. The van der Waals surface area contributed by atoms with Crippen LogP contribution in [0.5, 0.6) is 5.75 Å². The van der Waals surface area contributed by atoms with Crippen LogP contribution in [0.2, 0.25) is 0 Å². The fraction of sp³-hybridized carbons (Fsp3) is 0.600. The van der Waals surface area contributed by atoms with E-state index in [4.69, 9.17) is 25.1 Å². The minimum absolute atomic E-state index is 0.0579. The van der Waals surface area contributed by atoms with Gasteiger partial charge in [0.05, 0.1) is 0 Å². The van der Waals surface area contributed by atoms with Crippen molar-refractivity contribution in [3.05, 3.63) is 29.8 Å². The largest absolute Gasteiger partial charge is 0.472 e. The Morgan fingerprint density at radius 2 is 1.71 bits per heavy atom. The average molecular weight is 335 g/mol. The summed E-state index contributed by atoms with van der Waals surface area (Å²) in [6, 6.07) is 7.63. The summed E-state index contributed by atoms with van der Waals surface area (Å²) in [7, 11) is 0. The lowest BCUT2D eigenvalue weighted by atomic mass is 9.87. The fourth-order valence-electron chi connectivity index (χ4n) is 1.78. The molecule has 1 rings (SSSR count). The van der Waals surface area contributed by atoms with E-state index in [1.54, 1.807) is 0 Å². The maximum absolute atomic E-state index is 10.8. The van der Waals surface area contributed by atoms with Crippen molar-refractivity contribution < 1.29 is 17.7 Å². The average Bonchev–Trinajstić information content (AvgIpc) is 2.34. The van der Waals surface area contributed by atoms with E-state index in [1.807, 2.05) is 38.1 Å². The maximum atomic E-state index is 10.8. The summed E-state index contributed by atoms with van der Waals surface area (Å²) in [5.41, 5.74) is 0.409. The van der Waals surface area contributed by atoms with Crippen molar-refractivity contribution in [1.29, 1.82) is 0 Å². The van der Waals surface area contributed by atoms with Gasteiger partial charge in [0.25, 0.3) is 0 Å². The molecule has 0 fully saturated rings. The van der Waals surface area contributed by atoms with Crippen molar-refractivity contribution in [2.24, 2.45) is 5.92 Å². The summed E-state index contributed by atoms with van der Waals surface area (Å²) >= 11 is 3.78. The SMILES string of the molecule is CC(C)C(OS(=O)O)C(Cl)Oc1ccc(C(C)(C)C)cc1. The smallest absolute Gasteiger partial charge is 0.302 e. The van der Waals surface area contributed by atoms with E-state index in [0.717, 1.165) is 0 Å². The van der Waals surface area contributed by atoms with Gasteiger partial charge in [0, 0.05) is 0 Å². The third kappa shape index (κ3) is 5.94. The van der Waals surface area contributed by atoms with E-state index in [2.05, 4.69) is 20.8 Å². The van der Waals surface area contributed by atoms with E-state index in [0.29, 0.717) is 5.75 Å². The monoisotopic (exact) mass is 334 g/mol. The van der Waals surface area contributed by atoms with Gasteiger partial charge < -0.3 is 4.74 Å². The van der Waals surface area contributed by atoms with E-state index < -0.39 is 23.0 Å². The van der Waals surface area contributed by atoms with E-state index in [-0.39, 0.29) is 11.3 Å². The van der Waals surface area contributed by atoms with Crippen LogP contribution in [0.15, 0.2) is 24.3 Å². The first kappa shape index (κ1) is 18.4. The molecule has 0 bridgehead atoms. The molecule has 1 aromatic rings. The fourth-order valence-corrected chi connectivity index (χ4v) is 2.80. The van der Waals surface area contributed by atoms with Gasteiger partial charge in [-0.3, -0.25) is 8.74 Å². The van der Waals surface area contributed by atoms with E-state index >= 15 is 0 Å². The van der Waals surface area contributed by atoms with Crippen molar-refractivity contribution in [3.63, 3.8) is 0 Å². The second-order valence-electron chi connectivity index (χ2n) is 6.27. The third-order valence-electron chi connectivity index (χ3n) is 3.08. The Balaban J connectivity index is 2.77. The Labute approximate surface area is 134 Å². The molecular weight excluding hydrogens is 312 g/mol. The van der Waals surface area contributed by atoms with Crippen LogP contribution >= 0.6 is 11.6 Å². The van der Waals surface area contributed by atoms with Gasteiger partial charge in [0.15, 0.2) is 5.56 Å². The molecule has 0 amide bonds. The van der Waals surface area contributed by atoms with Crippen molar-refractivity contribution in [1.82, 2.24) is 0 Å². The van der Waals surface area contributed by atoms with Gasteiger partial charge >= 0.3 is 11.4 Å². The molecule has 0 aliphatic carbocycles. The number of halogens is 1. The summed E-state index contributed by atoms with van der Waals surface area (Å²) in [5.74, 6) is 0.540. The lowest BCUT2D eigenvalue weighted by molar-refractivity contribution is 0.0719. The molecule has 1 N–H and O–H groups in total. The molecule has 120 valence electrons. The summed E-state index contributed by atoms with van der Waals surface area (Å²) in [4.78, 5) is 0. The Morgan fingerprint density at radius 1 is 1.19 bits per heavy atom. The standard InChI is InChI=1S/C15H23ClO4S/c1-10(2)13(20-21(17)18)14(16)19-12-8-6-11(7-9-12)15(3,4)5/h6-10,13-14H,1-5H3,(H,17,18). The molecule has 6 heteroatoms. The number of hydrogen-bond acceptors (Lipinski definition) is 3. The highest BCUT2D eigenvalue weighted by Gasteiger charge is 2.27. The van der Waals surface area contributed by atoms with Crippen LogP contribution in [0, 0.1) is 5.92 Å². The predicted molar refractivity (Wildman–Crippen MR) is 85.9 cm³/mol. The molecule has 0 heterocycles. The van der Waals surface area contributed by atoms with Gasteiger partial charge in [-0.05, 0) is 29.0 Å². The number of alkyl halides is 1. The predicted octanol–water partition coefficient (Wildman–Crippen LogP) is 4.11. The highest BCUT2D eigenvalue weighted by Crippen LogP contribution is 2.26. The van der Waals surface area contributed by atoms with Crippen LogP contribution in [0.3, 0.4) is 0 Å². The molecule has 21 heavy (non-hydrogen) atoms. The van der Waals surface area contributed by atoms with Crippen LogP contribution in [-0.2, 0) is 21.0 Å².